The summed E-state index contributed by atoms with van der Waals surface area (Å²) in [5.41, 5.74) is 1.11. The van der Waals surface area contributed by atoms with Crippen LogP contribution in [0.3, 0.4) is 0 Å². The normalized spacial score (nSPS) is 9.81. The fourth-order valence-corrected chi connectivity index (χ4v) is 2.26. The molecule has 0 spiro atoms. The Morgan fingerprint density at radius 1 is 1.44 bits per heavy atom. The van der Waals surface area contributed by atoms with Gasteiger partial charge in [0.2, 0.25) is 0 Å². The molecule has 5 nitrogen and oxygen atoms in total. The summed E-state index contributed by atoms with van der Waals surface area (Å²) >= 11 is -0.145. The second-order valence-corrected chi connectivity index (χ2v) is 4.77. The fraction of sp³-hybridized carbons (Fsp3) is 0.300. The predicted octanol–water partition coefficient (Wildman–Crippen LogP) is 1.74. The zero-order valence-electron chi connectivity index (χ0n) is 8.71. The molecule has 86 valence electrons. The van der Waals surface area contributed by atoms with Crippen LogP contribution in [0.25, 0.3) is 0 Å². The number of carbonyl (C=O) groups is 1. The predicted molar refractivity (Wildman–Crippen MR) is 59.1 cm³/mol. The van der Waals surface area contributed by atoms with Crippen LogP contribution in [-0.2, 0) is 15.0 Å². The van der Waals surface area contributed by atoms with E-state index in [-0.39, 0.29) is 26.9 Å². The summed E-state index contributed by atoms with van der Waals surface area (Å²) in [6.07, 6.45) is 0.769. The molecule has 0 saturated carbocycles. The average molecular weight is 288 g/mol. The molecule has 0 heterocycles. The molecule has 16 heavy (non-hydrogen) atoms. The Bertz CT molecular complexity index is 377. The molecule has 0 unspecified atom stereocenters. The zero-order chi connectivity index (χ0) is 12.0. The van der Waals surface area contributed by atoms with Gasteiger partial charge in [-0.15, -0.1) is 0 Å². The Balaban J connectivity index is 2.38. The number of nitro groups is 1. The molecule has 0 atom stereocenters. The van der Waals surface area contributed by atoms with Gasteiger partial charge in [-0.3, -0.25) is 0 Å². The standard InChI is InChI=1S/C10H11NO4Se/c1-8(12)15-16-7-6-9-2-4-10(5-3-9)11(13)14/h2-5H,6-7H2,1H3. The van der Waals surface area contributed by atoms with Crippen LogP contribution in [0.4, 0.5) is 5.69 Å². The Hall–Kier alpha value is -1.39. The molecule has 0 aliphatic heterocycles. The third kappa shape index (κ3) is 4.42. The second kappa shape index (κ2) is 6.25. The fourth-order valence-electron chi connectivity index (χ4n) is 1.07. The number of hydrogen-bond acceptors (Lipinski definition) is 4. The molecule has 0 N–H and O–H groups in total. The van der Waals surface area contributed by atoms with Crippen molar-refractivity contribution in [3.8, 4) is 0 Å². The van der Waals surface area contributed by atoms with Crippen LogP contribution in [0.1, 0.15) is 12.5 Å². The van der Waals surface area contributed by atoms with Crippen molar-refractivity contribution in [3.05, 3.63) is 39.9 Å². The molecule has 0 aliphatic rings. The summed E-state index contributed by atoms with van der Waals surface area (Å²) in [5.74, 6) is -0.260. The number of hydrogen-bond donors (Lipinski definition) is 0. The number of aryl methyl sites for hydroxylation is 1. The second-order valence-electron chi connectivity index (χ2n) is 3.07. The maximum atomic E-state index is 10.5. The zero-order valence-corrected chi connectivity index (χ0v) is 10.4. The summed E-state index contributed by atoms with van der Waals surface area (Å²) in [6, 6.07) is 6.41. The van der Waals surface area contributed by atoms with E-state index in [1.807, 2.05) is 0 Å². The summed E-state index contributed by atoms with van der Waals surface area (Å²) in [5, 5.41) is 11.2. The molecule has 0 amide bonds. The number of rotatable bonds is 5. The molecule has 1 rings (SSSR count). The van der Waals surface area contributed by atoms with E-state index >= 15 is 0 Å². The van der Waals surface area contributed by atoms with Crippen molar-refractivity contribution >= 4 is 26.9 Å². The molecule has 0 saturated heterocycles. The van der Waals surface area contributed by atoms with Crippen LogP contribution in [-0.4, -0.2) is 26.2 Å². The first kappa shape index (κ1) is 12.7. The van der Waals surface area contributed by atoms with E-state index in [2.05, 4.69) is 0 Å². The Labute approximate surface area is 99.4 Å². The van der Waals surface area contributed by atoms with Gasteiger partial charge in [0, 0.05) is 0 Å². The number of nitro benzene ring substituents is 1. The van der Waals surface area contributed by atoms with Crippen molar-refractivity contribution in [3.63, 3.8) is 0 Å². The van der Waals surface area contributed by atoms with Gasteiger partial charge in [-0.25, -0.2) is 0 Å². The molecule has 0 aromatic heterocycles. The first-order valence-electron chi connectivity index (χ1n) is 4.63. The van der Waals surface area contributed by atoms with E-state index in [0.717, 1.165) is 17.3 Å². The van der Waals surface area contributed by atoms with Crippen molar-refractivity contribution in [1.29, 1.82) is 0 Å². The molecular weight excluding hydrogens is 277 g/mol. The van der Waals surface area contributed by atoms with Crippen LogP contribution in [0.5, 0.6) is 0 Å². The van der Waals surface area contributed by atoms with Crippen LogP contribution in [0.2, 0.25) is 5.32 Å². The van der Waals surface area contributed by atoms with Crippen LogP contribution in [0.15, 0.2) is 24.3 Å². The molecule has 1 aromatic carbocycles. The molecular formula is C10H11NO4Se. The van der Waals surface area contributed by atoms with Crippen molar-refractivity contribution in [2.24, 2.45) is 0 Å². The van der Waals surface area contributed by atoms with E-state index in [4.69, 9.17) is 3.82 Å². The molecule has 0 bridgehead atoms. The third-order valence-electron chi connectivity index (χ3n) is 1.80. The van der Waals surface area contributed by atoms with Gasteiger partial charge < -0.3 is 0 Å². The Morgan fingerprint density at radius 3 is 2.56 bits per heavy atom. The monoisotopic (exact) mass is 289 g/mol. The van der Waals surface area contributed by atoms with E-state index in [1.165, 1.54) is 19.1 Å². The Kier molecular flexibility index (Phi) is 4.95. The van der Waals surface area contributed by atoms with Crippen LogP contribution in [0, 0.1) is 10.1 Å². The molecule has 0 radical (unpaired) electrons. The molecule has 6 heteroatoms. The van der Waals surface area contributed by atoms with E-state index < -0.39 is 4.92 Å². The van der Waals surface area contributed by atoms with E-state index in [9.17, 15) is 14.9 Å². The van der Waals surface area contributed by atoms with Crippen molar-refractivity contribution < 1.29 is 13.5 Å². The van der Waals surface area contributed by atoms with Gasteiger partial charge in [-0.1, -0.05) is 0 Å². The van der Waals surface area contributed by atoms with Gasteiger partial charge in [0.05, 0.1) is 0 Å². The van der Waals surface area contributed by atoms with Crippen molar-refractivity contribution in [2.75, 3.05) is 0 Å². The van der Waals surface area contributed by atoms with Gasteiger partial charge in [-0.05, 0) is 0 Å². The number of carbonyl (C=O) groups excluding carboxylic acids is 1. The molecule has 1 aromatic rings. The van der Waals surface area contributed by atoms with Crippen LogP contribution < -0.4 is 0 Å². The summed E-state index contributed by atoms with van der Waals surface area (Å²) in [6.45, 7) is 1.38. The van der Waals surface area contributed by atoms with E-state index in [0.29, 0.717) is 0 Å². The quantitative estimate of drug-likeness (QED) is 0.358. The van der Waals surface area contributed by atoms with Gasteiger partial charge in [0.15, 0.2) is 0 Å². The third-order valence-corrected chi connectivity index (χ3v) is 3.32. The minimum absolute atomic E-state index is 0.0919. The van der Waals surface area contributed by atoms with Gasteiger partial charge in [-0.2, -0.15) is 0 Å². The first-order chi connectivity index (χ1) is 7.59. The van der Waals surface area contributed by atoms with Crippen LogP contribution >= 0.6 is 0 Å². The SMILES string of the molecule is CC(=O)O[Se]CCc1ccc([N+](=O)[O-])cc1. The van der Waals surface area contributed by atoms with Gasteiger partial charge in [0.25, 0.3) is 0 Å². The maximum absolute atomic E-state index is 10.5. The summed E-state index contributed by atoms with van der Waals surface area (Å²) in [7, 11) is 0. The topological polar surface area (TPSA) is 69.4 Å². The van der Waals surface area contributed by atoms with Gasteiger partial charge in [0.1, 0.15) is 0 Å². The van der Waals surface area contributed by atoms with E-state index in [1.54, 1.807) is 12.1 Å². The van der Waals surface area contributed by atoms with Gasteiger partial charge >= 0.3 is 99.1 Å². The molecule has 0 aliphatic carbocycles. The molecule has 0 fully saturated rings. The summed E-state index contributed by atoms with van der Waals surface area (Å²) in [4.78, 5) is 20.5. The number of nitrogens with zero attached hydrogens (tertiary/aromatic N) is 1. The average Bonchev–Trinajstić information content (AvgIpc) is 2.25. The van der Waals surface area contributed by atoms with Crippen molar-refractivity contribution in [2.45, 2.75) is 18.7 Å². The number of non-ortho nitro benzene ring substituents is 1. The van der Waals surface area contributed by atoms with Crippen molar-refractivity contribution in [1.82, 2.24) is 0 Å². The summed E-state index contributed by atoms with van der Waals surface area (Å²) < 4.78 is 4.84. The Morgan fingerprint density at radius 2 is 2.06 bits per heavy atom. The first-order valence-corrected chi connectivity index (χ1v) is 6.54. The number of benzene rings is 1. The minimum atomic E-state index is -0.424.